The van der Waals surface area contributed by atoms with Crippen LogP contribution in [0.3, 0.4) is 0 Å². The van der Waals surface area contributed by atoms with Gasteiger partial charge in [0.2, 0.25) is 0 Å². The molecule has 118 valence electrons. The van der Waals surface area contributed by atoms with Gasteiger partial charge >= 0.3 is 0 Å². The van der Waals surface area contributed by atoms with Crippen molar-refractivity contribution in [3.8, 4) is 0 Å². The predicted octanol–water partition coefficient (Wildman–Crippen LogP) is 1.95. The van der Waals surface area contributed by atoms with Crippen molar-refractivity contribution in [1.29, 1.82) is 0 Å². The molecule has 1 N–H and O–H groups in total. The van der Waals surface area contributed by atoms with Gasteiger partial charge in [0, 0.05) is 50.0 Å². The molecule has 0 spiro atoms. The lowest BCUT2D eigenvalue weighted by atomic mass is 9.93. The lowest BCUT2D eigenvalue weighted by Gasteiger charge is -2.46. The zero-order valence-electron chi connectivity index (χ0n) is 13.8. The molecule has 0 bridgehead atoms. The summed E-state index contributed by atoms with van der Waals surface area (Å²) in [5.41, 5.74) is 0.232. The van der Waals surface area contributed by atoms with Crippen molar-refractivity contribution in [3.05, 3.63) is 34.7 Å². The summed E-state index contributed by atoms with van der Waals surface area (Å²) in [5.74, 6) is 0.710. The molecule has 1 aliphatic rings. The van der Waals surface area contributed by atoms with Crippen LogP contribution in [0.4, 0.5) is 0 Å². The molecule has 2 rings (SSSR count). The smallest absolute Gasteiger partial charge is 0.250 e. The van der Waals surface area contributed by atoms with Gasteiger partial charge in [0.15, 0.2) is 0 Å². The quantitative estimate of drug-likeness (QED) is 0.901. The minimum Gasteiger partial charge on any atom is -0.314 e. The summed E-state index contributed by atoms with van der Waals surface area (Å²) in [6.45, 7) is 12.9. The van der Waals surface area contributed by atoms with Crippen molar-refractivity contribution in [2.45, 2.75) is 52.2 Å². The minimum atomic E-state index is 0.0872. The molecule has 1 aromatic rings. The monoisotopic (exact) mass is 291 g/mol. The minimum absolute atomic E-state index is 0.0872. The highest BCUT2D eigenvalue weighted by Gasteiger charge is 2.33. The van der Waals surface area contributed by atoms with Gasteiger partial charge in [-0.3, -0.25) is 9.69 Å². The average Bonchev–Trinajstić information content (AvgIpc) is 2.40. The molecule has 0 saturated carbocycles. The summed E-state index contributed by atoms with van der Waals surface area (Å²) in [6.07, 6.45) is 3.08. The maximum absolute atomic E-state index is 11.8. The lowest BCUT2D eigenvalue weighted by molar-refractivity contribution is 0.0574. The Hall–Kier alpha value is -1.13. The Balaban J connectivity index is 1.98. The van der Waals surface area contributed by atoms with Gasteiger partial charge in [0.05, 0.1) is 0 Å². The first-order chi connectivity index (χ1) is 9.88. The third-order valence-electron chi connectivity index (χ3n) is 4.39. The topological polar surface area (TPSA) is 37.3 Å². The van der Waals surface area contributed by atoms with Crippen LogP contribution in [0.15, 0.2) is 29.2 Å². The van der Waals surface area contributed by atoms with E-state index in [9.17, 15) is 4.79 Å². The van der Waals surface area contributed by atoms with Gasteiger partial charge in [-0.25, -0.2) is 0 Å². The van der Waals surface area contributed by atoms with Crippen LogP contribution in [-0.4, -0.2) is 40.7 Å². The predicted molar refractivity (Wildman–Crippen MR) is 87.6 cm³/mol. The number of nitrogens with one attached hydrogen (secondary N) is 1. The summed E-state index contributed by atoms with van der Waals surface area (Å²) in [5, 5.41) is 3.67. The Labute approximate surface area is 128 Å². The van der Waals surface area contributed by atoms with E-state index in [1.165, 1.54) is 6.42 Å². The fourth-order valence-corrected chi connectivity index (χ4v) is 3.08. The molecule has 1 unspecified atom stereocenters. The van der Waals surface area contributed by atoms with Gasteiger partial charge in [-0.15, -0.1) is 0 Å². The Bertz CT molecular complexity index is 507. The van der Waals surface area contributed by atoms with E-state index in [1.807, 2.05) is 12.3 Å². The van der Waals surface area contributed by atoms with E-state index in [1.54, 1.807) is 16.7 Å². The summed E-state index contributed by atoms with van der Waals surface area (Å²) in [6, 6.07) is 5.91. The van der Waals surface area contributed by atoms with Gasteiger partial charge in [0.1, 0.15) is 0 Å². The number of pyridine rings is 1. The molecule has 1 fully saturated rings. The SMILES string of the molecule is CC(C)CC1CN(CCn2ccccc2=O)C(C)(C)CN1. The largest absolute Gasteiger partial charge is 0.314 e. The van der Waals surface area contributed by atoms with Gasteiger partial charge < -0.3 is 9.88 Å². The molecule has 1 aliphatic heterocycles. The van der Waals surface area contributed by atoms with Crippen molar-refractivity contribution in [3.63, 3.8) is 0 Å². The standard InChI is InChI=1S/C17H29N3O/c1-14(2)11-15-12-20(17(3,4)13-18-15)10-9-19-8-6-5-7-16(19)21/h5-8,14-15,18H,9-13H2,1-4H3. The third kappa shape index (κ3) is 4.42. The van der Waals surface area contributed by atoms with Crippen molar-refractivity contribution >= 4 is 0 Å². The van der Waals surface area contributed by atoms with Crippen molar-refractivity contribution < 1.29 is 0 Å². The number of piperazine rings is 1. The molecule has 21 heavy (non-hydrogen) atoms. The zero-order chi connectivity index (χ0) is 15.5. The first-order valence-electron chi connectivity index (χ1n) is 8.02. The maximum atomic E-state index is 11.8. The second-order valence-corrected chi connectivity index (χ2v) is 7.20. The summed E-state index contributed by atoms with van der Waals surface area (Å²) in [4.78, 5) is 14.3. The third-order valence-corrected chi connectivity index (χ3v) is 4.39. The summed E-state index contributed by atoms with van der Waals surface area (Å²) < 4.78 is 1.80. The maximum Gasteiger partial charge on any atom is 0.250 e. The normalized spacial score (nSPS) is 22.6. The highest BCUT2D eigenvalue weighted by atomic mass is 16.1. The van der Waals surface area contributed by atoms with E-state index < -0.39 is 0 Å². The van der Waals surface area contributed by atoms with Crippen molar-refractivity contribution in [1.82, 2.24) is 14.8 Å². The second kappa shape index (κ2) is 6.75. The molecule has 2 heterocycles. The first-order valence-corrected chi connectivity index (χ1v) is 8.02. The van der Waals surface area contributed by atoms with E-state index in [2.05, 4.69) is 37.9 Å². The van der Waals surface area contributed by atoms with Gasteiger partial charge in [-0.05, 0) is 32.3 Å². The van der Waals surface area contributed by atoms with Crippen LogP contribution in [0.5, 0.6) is 0 Å². The number of aromatic nitrogens is 1. The second-order valence-electron chi connectivity index (χ2n) is 7.20. The van der Waals surface area contributed by atoms with E-state index in [-0.39, 0.29) is 11.1 Å². The summed E-state index contributed by atoms with van der Waals surface area (Å²) >= 11 is 0. The fourth-order valence-electron chi connectivity index (χ4n) is 3.08. The van der Waals surface area contributed by atoms with Crippen molar-refractivity contribution in [2.24, 2.45) is 5.92 Å². The number of nitrogens with zero attached hydrogens (tertiary/aromatic N) is 2. The number of hydrogen-bond acceptors (Lipinski definition) is 3. The highest BCUT2D eigenvalue weighted by Crippen LogP contribution is 2.21. The molecule has 0 aliphatic carbocycles. The van der Waals surface area contributed by atoms with E-state index in [4.69, 9.17) is 0 Å². The zero-order valence-corrected chi connectivity index (χ0v) is 13.8. The fraction of sp³-hybridized carbons (Fsp3) is 0.706. The van der Waals surface area contributed by atoms with E-state index in [0.29, 0.717) is 12.0 Å². The van der Waals surface area contributed by atoms with Crippen LogP contribution >= 0.6 is 0 Å². The molecule has 0 aromatic carbocycles. The molecular formula is C17H29N3O. The molecule has 0 amide bonds. The lowest BCUT2D eigenvalue weighted by Crippen LogP contribution is -2.62. The average molecular weight is 291 g/mol. The van der Waals surface area contributed by atoms with Gasteiger partial charge in [0.25, 0.3) is 5.56 Å². The Morgan fingerprint density at radius 2 is 2.10 bits per heavy atom. The molecule has 1 atom stereocenters. The van der Waals surface area contributed by atoms with Crippen molar-refractivity contribution in [2.75, 3.05) is 19.6 Å². The van der Waals surface area contributed by atoms with Crippen LogP contribution < -0.4 is 10.9 Å². The van der Waals surface area contributed by atoms with Crippen LogP contribution in [-0.2, 0) is 6.54 Å². The summed E-state index contributed by atoms with van der Waals surface area (Å²) in [7, 11) is 0. The Morgan fingerprint density at radius 1 is 1.33 bits per heavy atom. The first kappa shape index (κ1) is 16.2. The number of rotatable bonds is 5. The Morgan fingerprint density at radius 3 is 2.76 bits per heavy atom. The van der Waals surface area contributed by atoms with Gasteiger partial charge in [-0.1, -0.05) is 19.9 Å². The molecule has 1 aromatic heterocycles. The van der Waals surface area contributed by atoms with Crippen LogP contribution in [0.2, 0.25) is 0 Å². The number of hydrogen-bond donors (Lipinski definition) is 1. The van der Waals surface area contributed by atoms with Gasteiger partial charge in [-0.2, -0.15) is 0 Å². The molecule has 4 heteroatoms. The molecule has 0 radical (unpaired) electrons. The van der Waals surface area contributed by atoms with Crippen LogP contribution in [0.1, 0.15) is 34.1 Å². The molecule has 4 nitrogen and oxygen atoms in total. The van der Waals surface area contributed by atoms with Crippen LogP contribution in [0, 0.1) is 5.92 Å². The molecular weight excluding hydrogens is 262 g/mol. The highest BCUT2D eigenvalue weighted by molar-refractivity contribution is 4.95. The van der Waals surface area contributed by atoms with E-state index >= 15 is 0 Å². The van der Waals surface area contributed by atoms with E-state index in [0.717, 1.165) is 26.2 Å². The molecule has 1 saturated heterocycles. The Kier molecular flexibility index (Phi) is 5.22. The van der Waals surface area contributed by atoms with Crippen LogP contribution in [0.25, 0.3) is 0 Å².